The summed E-state index contributed by atoms with van der Waals surface area (Å²) in [5, 5.41) is 1.17. The van der Waals surface area contributed by atoms with Crippen molar-refractivity contribution in [1.29, 1.82) is 0 Å². The Morgan fingerprint density at radius 2 is 1.43 bits per heavy atom. The second kappa shape index (κ2) is 12.5. The van der Waals surface area contributed by atoms with Crippen LogP contribution >= 0.6 is 0 Å². The van der Waals surface area contributed by atoms with Crippen LogP contribution < -0.4 is 26.3 Å². The lowest BCUT2D eigenvalue weighted by Gasteiger charge is -2.63. The Balaban J connectivity index is 1.21. The number of hydrogen-bond donors (Lipinski definition) is 3. The molecule has 9 heteroatoms. The highest BCUT2D eigenvalue weighted by atomic mass is 19.4. The molecule has 0 radical (unpaired) electrons. The number of rotatable bonds is 8. The van der Waals surface area contributed by atoms with Crippen LogP contribution in [0.3, 0.4) is 0 Å². The molecule has 0 heterocycles. The molecular weight excluding hydrogens is 591 g/mol. The minimum absolute atomic E-state index is 0.0394. The lowest BCUT2D eigenvalue weighted by atomic mass is 9.43. The largest absolute Gasteiger partial charge is 0.490 e. The molecule has 6 nitrogen and oxygen atoms in total. The topological polar surface area (TPSA) is 99.6 Å². The summed E-state index contributed by atoms with van der Waals surface area (Å²) >= 11 is 0. The van der Waals surface area contributed by atoms with Crippen LogP contribution in [-0.4, -0.2) is 24.4 Å². The summed E-state index contributed by atoms with van der Waals surface area (Å²) in [7, 11) is 0. The maximum Gasteiger partial charge on any atom is 0.484 e. The molecule has 4 aliphatic carbocycles. The van der Waals surface area contributed by atoms with E-state index in [-0.39, 0.29) is 35.4 Å². The second-order valence-electron chi connectivity index (χ2n) is 15.3. The van der Waals surface area contributed by atoms with Crippen molar-refractivity contribution in [1.82, 2.24) is 5.32 Å². The van der Waals surface area contributed by atoms with E-state index in [4.69, 9.17) is 20.9 Å². The van der Waals surface area contributed by atoms with Crippen LogP contribution in [0.15, 0.2) is 48.5 Å². The molecule has 6 rings (SSSR count). The maximum absolute atomic E-state index is 12.7. The number of amides is 1. The minimum atomic E-state index is -4.68. The number of nitrogens with two attached hydrogens (primary N) is 2. The molecule has 0 bridgehead atoms. The molecule has 5 N–H and O–H groups in total. The SMILES string of the molecule is C[C@H](CCC(=O)NC(F)(F)F)[C@H]1CC[C@H]2[C@@H]3CC(Oc4ccc(N)cc4)C4CC(Oc5ccc(N)cc5)CC[C@]4(C)[C@H]3CC[C@]12C. The average molecular weight is 642 g/mol. The number of carbonyl (C=O) groups is 1. The number of anilines is 2. The van der Waals surface area contributed by atoms with E-state index >= 15 is 0 Å². The molecule has 10 atom stereocenters. The number of hydrogen-bond acceptors (Lipinski definition) is 5. The van der Waals surface area contributed by atoms with Gasteiger partial charge in [-0.15, -0.1) is 0 Å². The number of nitrogen functional groups attached to an aromatic ring is 2. The van der Waals surface area contributed by atoms with Crippen molar-refractivity contribution in [2.24, 2.45) is 46.3 Å². The van der Waals surface area contributed by atoms with Crippen LogP contribution in [-0.2, 0) is 4.79 Å². The summed E-state index contributed by atoms with van der Waals surface area (Å²) in [4.78, 5) is 12.0. The van der Waals surface area contributed by atoms with Crippen molar-refractivity contribution in [2.75, 3.05) is 11.5 Å². The first-order valence-electron chi connectivity index (χ1n) is 17.2. The van der Waals surface area contributed by atoms with E-state index in [0.29, 0.717) is 41.7 Å². The quantitative estimate of drug-likeness (QED) is 0.199. The highest BCUT2D eigenvalue weighted by Gasteiger charge is 2.63. The van der Waals surface area contributed by atoms with E-state index in [0.717, 1.165) is 68.6 Å². The Morgan fingerprint density at radius 3 is 2.07 bits per heavy atom. The Morgan fingerprint density at radius 1 is 0.848 bits per heavy atom. The van der Waals surface area contributed by atoms with Gasteiger partial charge in [0.2, 0.25) is 5.91 Å². The monoisotopic (exact) mass is 641 g/mol. The predicted octanol–water partition coefficient (Wildman–Crippen LogP) is 8.37. The van der Waals surface area contributed by atoms with Gasteiger partial charge in [-0.1, -0.05) is 20.8 Å². The number of fused-ring (bicyclic) bond motifs is 5. The van der Waals surface area contributed by atoms with E-state index in [9.17, 15) is 18.0 Å². The van der Waals surface area contributed by atoms with Gasteiger partial charge in [0.25, 0.3) is 0 Å². The van der Waals surface area contributed by atoms with Crippen LogP contribution in [0.2, 0.25) is 0 Å². The molecule has 1 amide bonds. The van der Waals surface area contributed by atoms with Gasteiger partial charge < -0.3 is 20.9 Å². The van der Waals surface area contributed by atoms with Crippen LogP contribution in [0.4, 0.5) is 24.5 Å². The molecular formula is C37H50F3N3O3. The van der Waals surface area contributed by atoms with E-state index in [1.165, 1.54) is 5.32 Å². The van der Waals surface area contributed by atoms with Gasteiger partial charge in [-0.25, -0.2) is 0 Å². The van der Waals surface area contributed by atoms with Gasteiger partial charge in [0.15, 0.2) is 0 Å². The van der Waals surface area contributed by atoms with E-state index < -0.39 is 12.2 Å². The van der Waals surface area contributed by atoms with Crippen LogP contribution in [0.5, 0.6) is 11.5 Å². The lowest BCUT2D eigenvalue weighted by molar-refractivity contribution is -0.170. The van der Waals surface area contributed by atoms with Gasteiger partial charge in [-0.05, 0) is 147 Å². The second-order valence-corrected chi connectivity index (χ2v) is 15.3. The third kappa shape index (κ3) is 6.52. The molecule has 46 heavy (non-hydrogen) atoms. The standard InChI is InChI=1S/C37H50F3N3O3/c1-22(4-15-34(44)43-37(38,39)40)29-13-14-30-28-21-33(46-26-11-7-24(42)8-12-26)32-20-27(45-25-9-5-23(41)6-10-25)16-18-36(32,3)31(28)17-19-35(29,30)2/h5-12,22,27-33H,4,13-21,41-42H2,1-3H3,(H,43,44)/t22-,27?,28+,29-,30+,31+,32?,33?,35-,36-/m1/s1. The van der Waals surface area contributed by atoms with E-state index in [1.807, 2.05) is 48.5 Å². The van der Waals surface area contributed by atoms with E-state index in [2.05, 4.69) is 20.8 Å². The summed E-state index contributed by atoms with van der Waals surface area (Å²) in [5.41, 5.74) is 13.6. The van der Waals surface area contributed by atoms with Crippen molar-refractivity contribution in [3.05, 3.63) is 48.5 Å². The molecule has 3 unspecified atom stereocenters. The fourth-order valence-electron chi connectivity index (χ4n) is 10.7. The van der Waals surface area contributed by atoms with Gasteiger partial charge in [0.1, 0.15) is 17.6 Å². The van der Waals surface area contributed by atoms with Gasteiger partial charge in [-0.3, -0.25) is 10.1 Å². The number of benzene rings is 2. The predicted molar refractivity (Wildman–Crippen MR) is 174 cm³/mol. The first kappa shape index (κ1) is 32.8. The van der Waals surface area contributed by atoms with Gasteiger partial charge in [0, 0.05) is 23.7 Å². The number of halogens is 3. The van der Waals surface area contributed by atoms with Crippen molar-refractivity contribution < 1.29 is 27.4 Å². The van der Waals surface area contributed by atoms with Crippen molar-refractivity contribution >= 4 is 17.3 Å². The fourth-order valence-corrected chi connectivity index (χ4v) is 10.7. The summed E-state index contributed by atoms with van der Waals surface area (Å²) in [5.74, 6) is 3.30. The third-order valence-electron chi connectivity index (χ3n) is 12.8. The van der Waals surface area contributed by atoms with Crippen molar-refractivity contribution in [3.63, 3.8) is 0 Å². The minimum Gasteiger partial charge on any atom is -0.490 e. The Bertz CT molecular complexity index is 1370. The molecule has 4 saturated carbocycles. The molecule has 2 aromatic carbocycles. The molecule has 4 fully saturated rings. The highest BCUT2D eigenvalue weighted by molar-refractivity contribution is 5.76. The number of alkyl halides is 3. The first-order valence-corrected chi connectivity index (χ1v) is 17.2. The zero-order valence-corrected chi connectivity index (χ0v) is 27.3. The summed E-state index contributed by atoms with van der Waals surface area (Å²) in [6.45, 7) is 7.07. The molecule has 2 aromatic rings. The molecule has 0 spiro atoms. The summed E-state index contributed by atoms with van der Waals surface area (Å²) in [6, 6.07) is 15.4. The lowest BCUT2D eigenvalue weighted by Crippen LogP contribution is -2.59. The number of nitrogens with one attached hydrogen (secondary N) is 1. The van der Waals surface area contributed by atoms with Gasteiger partial charge in [-0.2, -0.15) is 13.2 Å². The zero-order chi connectivity index (χ0) is 32.9. The third-order valence-corrected chi connectivity index (χ3v) is 12.8. The number of carbonyl (C=O) groups excluding carboxylic acids is 1. The average Bonchev–Trinajstić information content (AvgIpc) is 3.35. The number of ether oxygens (including phenoxy) is 2. The molecule has 0 aromatic heterocycles. The summed E-state index contributed by atoms with van der Waals surface area (Å²) in [6.07, 6.45) is 4.31. The Hall–Kier alpha value is -3.10. The normalized spacial score (nSPS) is 36.1. The molecule has 4 aliphatic rings. The van der Waals surface area contributed by atoms with Crippen LogP contribution in [0, 0.1) is 46.3 Å². The summed E-state index contributed by atoms with van der Waals surface area (Å²) < 4.78 is 51.5. The Labute approximate surface area is 271 Å². The van der Waals surface area contributed by atoms with E-state index in [1.54, 1.807) is 0 Å². The molecule has 0 aliphatic heterocycles. The highest BCUT2D eigenvalue weighted by Crippen LogP contribution is 2.68. The maximum atomic E-state index is 12.7. The molecule has 0 saturated heterocycles. The van der Waals surface area contributed by atoms with Gasteiger partial charge >= 0.3 is 6.30 Å². The smallest absolute Gasteiger partial charge is 0.484 e. The van der Waals surface area contributed by atoms with Crippen LogP contribution in [0.25, 0.3) is 0 Å². The fraction of sp³-hybridized carbons (Fsp3) is 0.649. The molecule has 252 valence electrons. The Kier molecular flexibility index (Phi) is 8.92. The zero-order valence-electron chi connectivity index (χ0n) is 27.3. The van der Waals surface area contributed by atoms with Crippen molar-refractivity contribution in [2.45, 2.75) is 103 Å². The first-order chi connectivity index (χ1) is 21.7. The van der Waals surface area contributed by atoms with Crippen molar-refractivity contribution in [3.8, 4) is 11.5 Å². The van der Waals surface area contributed by atoms with Gasteiger partial charge in [0.05, 0.1) is 6.10 Å². The van der Waals surface area contributed by atoms with Crippen LogP contribution in [0.1, 0.15) is 85.0 Å².